The van der Waals surface area contributed by atoms with Gasteiger partial charge in [0.05, 0.1) is 5.69 Å². The molecule has 0 radical (unpaired) electrons. The van der Waals surface area contributed by atoms with Crippen LogP contribution in [0.3, 0.4) is 0 Å². The summed E-state index contributed by atoms with van der Waals surface area (Å²) >= 11 is 0. The van der Waals surface area contributed by atoms with Crippen molar-refractivity contribution in [2.24, 2.45) is 5.73 Å². The van der Waals surface area contributed by atoms with Crippen LogP contribution in [0.1, 0.15) is 30.5 Å². The van der Waals surface area contributed by atoms with Gasteiger partial charge in [0.25, 0.3) is 0 Å². The van der Waals surface area contributed by atoms with Crippen LogP contribution in [0.25, 0.3) is 5.65 Å². The van der Waals surface area contributed by atoms with Crippen LogP contribution >= 0.6 is 0 Å². The van der Waals surface area contributed by atoms with E-state index in [1.165, 1.54) is 31.5 Å². The quantitative estimate of drug-likeness (QED) is 0.913. The second kappa shape index (κ2) is 5.31. The van der Waals surface area contributed by atoms with E-state index in [-0.39, 0.29) is 0 Å². The molecule has 1 atom stereocenters. The van der Waals surface area contributed by atoms with Gasteiger partial charge in [-0.1, -0.05) is 12.5 Å². The number of likely N-dealkylation sites (tertiary alicyclic amines) is 1. The van der Waals surface area contributed by atoms with Gasteiger partial charge in [-0.2, -0.15) is 0 Å². The molecule has 3 rings (SSSR count). The molecule has 2 N–H and O–H groups in total. The van der Waals surface area contributed by atoms with Crippen LogP contribution in [-0.2, 0) is 13.0 Å². The molecule has 2 aromatic heterocycles. The highest BCUT2D eigenvalue weighted by Crippen LogP contribution is 2.19. The van der Waals surface area contributed by atoms with E-state index in [1.807, 2.05) is 0 Å². The third-order valence-corrected chi connectivity index (χ3v) is 4.16. The van der Waals surface area contributed by atoms with Crippen LogP contribution in [0.2, 0.25) is 0 Å². The predicted molar refractivity (Wildman–Crippen MR) is 77.1 cm³/mol. The predicted octanol–water partition coefficient (Wildman–Crippen LogP) is 1.82. The number of aromatic nitrogens is 2. The Kier molecular flexibility index (Phi) is 3.53. The Morgan fingerprint density at radius 3 is 3.00 bits per heavy atom. The highest BCUT2D eigenvalue weighted by atomic mass is 15.1. The molecule has 102 valence electrons. The maximum Gasteiger partial charge on any atom is 0.136 e. The van der Waals surface area contributed by atoms with Gasteiger partial charge in [0.2, 0.25) is 0 Å². The summed E-state index contributed by atoms with van der Waals surface area (Å²) in [5, 5.41) is 0. The van der Waals surface area contributed by atoms with E-state index in [0.29, 0.717) is 12.6 Å². The van der Waals surface area contributed by atoms with Gasteiger partial charge in [0, 0.05) is 31.4 Å². The molecule has 2 aromatic rings. The molecular formula is C15H22N4. The molecule has 4 heteroatoms. The summed E-state index contributed by atoms with van der Waals surface area (Å²) in [4.78, 5) is 7.18. The Labute approximate surface area is 114 Å². The summed E-state index contributed by atoms with van der Waals surface area (Å²) in [5.41, 5.74) is 9.03. The summed E-state index contributed by atoms with van der Waals surface area (Å²) in [7, 11) is 2.23. The lowest BCUT2D eigenvalue weighted by Gasteiger charge is -2.31. The SMILES string of the molecule is CN1CCCCC1Cc1cn2cc(CN)ccc2n1. The number of imidazole rings is 1. The highest BCUT2D eigenvalue weighted by molar-refractivity contribution is 5.41. The minimum Gasteiger partial charge on any atom is -0.326 e. The minimum atomic E-state index is 0.578. The van der Waals surface area contributed by atoms with Crippen LogP contribution in [0.15, 0.2) is 24.5 Å². The summed E-state index contributed by atoms with van der Waals surface area (Å²) < 4.78 is 2.10. The van der Waals surface area contributed by atoms with E-state index in [1.54, 1.807) is 0 Å². The molecule has 1 aliphatic heterocycles. The van der Waals surface area contributed by atoms with Crippen LogP contribution in [-0.4, -0.2) is 33.9 Å². The molecule has 0 aliphatic carbocycles. The first-order chi connectivity index (χ1) is 9.26. The van der Waals surface area contributed by atoms with Crippen molar-refractivity contribution in [3.05, 3.63) is 35.8 Å². The largest absolute Gasteiger partial charge is 0.326 e. The molecule has 0 aromatic carbocycles. The van der Waals surface area contributed by atoms with E-state index < -0.39 is 0 Å². The Bertz CT molecular complexity index is 560. The highest BCUT2D eigenvalue weighted by Gasteiger charge is 2.20. The molecule has 1 fully saturated rings. The smallest absolute Gasteiger partial charge is 0.136 e. The zero-order valence-corrected chi connectivity index (χ0v) is 11.5. The number of fused-ring (bicyclic) bond motifs is 1. The number of nitrogens with zero attached hydrogens (tertiary/aromatic N) is 3. The number of hydrogen-bond acceptors (Lipinski definition) is 3. The number of pyridine rings is 1. The van der Waals surface area contributed by atoms with Gasteiger partial charge in [-0.25, -0.2) is 4.98 Å². The normalized spacial score (nSPS) is 21.1. The van der Waals surface area contributed by atoms with Gasteiger partial charge in [0.1, 0.15) is 5.65 Å². The molecule has 0 spiro atoms. The van der Waals surface area contributed by atoms with Gasteiger partial charge in [-0.15, -0.1) is 0 Å². The van der Waals surface area contributed by atoms with Crippen molar-refractivity contribution in [2.45, 2.75) is 38.3 Å². The Morgan fingerprint density at radius 1 is 1.32 bits per heavy atom. The van der Waals surface area contributed by atoms with Gasteiger partial charge in [0.15, 0.2) is 0 Å². The average Bonchev–Trinajstić information content (AvgIpc) is 2.82. The summed E-state index contributed by atoms with van der Waals surface area (Å²) in [6.45, 7) is 1.80. The molecule has 1 unspecified atom stereocenters. The number of hydrogen-bond donors (Lipinski definition) is 1. The minimum absolute atomic E-state index is 0.578. The van der Waals surface area contributed by atoms with E-state index in [0.717, 1.165) is 17.6 Å². The van der Waals surface area contributed by atoms with Crippen LogP contribution < -0.4 is 5.73 Å². The van der Waals surface area contributed by atoms with E-state index in [9.17, 15) is 0 Å². The monoisotopic (exact) mass is 258 g/mol. The lowest BCUT2D eigenvalue weighted by molar-refractivity contribution is 0.184. The molecule has 1 aliphatic rings. The first kappa shape index (κ1) is 12.6. The second-order valence-corrected chi connectivity index (χ2v) is 5.57. The van der Waals surface area contributed by atoms with Gasteiger partial charge in [-0.05, 0) is 38.1 Å². The van der Waals surface area contributed by atoms with Gasteiger partial charge >= 0.3 is 0 Å². The Hall–Kier alpha value is -1.39. The molecule has 0 bridgehead atoms. The maximum atomic E-state index is 5.67. The summed E-state index contributed by atoms with van der Waals surface area (Å²) in [5.74, 6) is 0. The molecule has 19 heavy (non-hydrogen) atoms. The molecule has 0 amide bonds. The third kappa shape index (κ3) is 2.65. The standard InChI is InChI=1S/C15H22N4/c1-18-7-3-2-4-14(18)8-13-11-19-10-12(9-16)5-6-15(19)17-13/h5-6,10-11,14H,2-4,7-9,16H2,1H3. The fourth-order valence-corrected chi connectivity index (χ4v) is 2.95. The van der Waals surface area contributed by atoms with Crippen molar-refractivity contribution < 1.29 is 0 Å². The zero-order valence-electron chi connectivity index (χ0n) is 11.5. The Balaban J connectivity index is 1.81. The molecular weight excluding hydrogens is 236 g/mol. The first-order valence-electron chi connectivity index (χ1n) is 7.13. The van der Waals surface area contributed by atoms with E-state index in [4.69, 9.17) is 10.7 Å². The van der Waals surface area contributed by atoms with Gasteiger partial charge < -0.3 is 15.0 Å². The molecule has 0 saturated carbocycles. The molecule has 3 heterocycles. The van der Waals surface area contributed by atoms with Crippen molar-refractivity contribution in [1.82, 2.24) is 14.3 Å². The third-order valence-electron chi connectivity index (χ3n) is 4.16. The van der Waals surface area contributed by atoms with Crippen molar-refractivity contribution in [2.75, 3.05) is 13.6 Å². The lowest BCUT2D eigenvalue weighted by atomic mass is 9.99. The second-order valence-electron chi connectivity index (χ2n) is 5.57. The lowest BCUT2D eigenvalue weighted by Crippen LogP contribution is -2.37. The van der Waals surface area contributed by atoms with Crippen molar-refractivity contribution >= 4 is 5.65 Å². The van der Waals surface area contributed by atoms with Gasteiger partial charge in [-0.3, -0.25) is 0 Å². The van der Waals surface area contributed by atoms with Crippen molar-refractivity contribution in [1.29, 1.82) is 0 Å². The van der Waals surface area contributed by atoms with E-state index >= 15 is 0 Å². The Morgan fingerprint density at radius 2 is 2.21 bits per heavy atom. The van der Waals surface area contributed by atoms with Crippen LogP contribution in [0.4, 0.5) is 0 Å². The number of rotatable bonds is 3. The maximum absolute atomic E-state index is 5.67. The fourth-order valence-electron chi connectivity index (χ4n) is 2.95. The molecule has 1 saturated heterocycles. The topological polar surface area (TPSA) is 46.6 Å². The summed E-state index contributed by atoms with van der Waals surface area (Å²) in [6, 6.07) is 4.75. The number of nitrogens with two attached hydrogens (primary N) is 1. The number of likely N-dealkylation sites (N-methyl/N-ethyl adjacent to an activating group) is 1. The van der Waals surface area contributed by atoms with Crippen molar-refractivity contribution in [3.8, 4) is 0 Å². The van der Waals surface area contributed by atoms with Crippen LogP contribution in [0.5, 0.6) is 0 Å². The number of piperidine rings is 1. The fraction of sp³-hybridized carbons (Fsp3) is 0.533. The van der Waals surface area contributed by atoms with Crippen LogP contribution in [0, 0.1) is 0 Å². The van der Waals surface area contributed by atoms with Crippen molar-refractivity contribution in [3.63, 3.8) is 0 Å². The first-order valence-corrected chi connectivity index (χ1v) is 7.13. The zero-order chi connectivity index (χ0) is 13.2. The van der Waals surface area contributed by atoms with E-state index in [2.05, 4.69) is 40.9 Å². The average molecular weight is 258 g/mol. The summed E-state index contributed by atoms with van der Waals surface area (Å²) in [6.07, 6.45) is 9.25. The molecule has 4 nitrogen and oxygen atoms in total.